The quantitative estimate of drug-likeness (QED) is 0.446. The summed E-state index contributed by atoms with van der Waals surface area (Å²) in [6, 6.07) is 12.3. The molecule has 0 amide bonds. The summed E-state index contributed by atoms with van der Waals surface area (Å²) < 4.78 is 12.0. The van der Waals surface area contributed by atoms with E-state index in [1.54, 1.807) is 19.1 Å². The lowest BCUT2D eigenvalue weighted by Gasteiger charge is -2.10. The zero-order valence-electron chi connectivity index (χ0n) is 11.4. The van der Waals surface area contributed by atoms with Crippen LogP contribution in [0.25, 0.3) is 0 Å². The minimum atomic E-state index is -0.447. The van der Waals surface area contributed by atoms with Crippen LogP contribution < -0.4 is 9.47 Å². The molecule has 2 rings (SSSR count). The summed E-state index contributed by atoms with van der Waals surface area (Å²) in [7, 11) is 0. The van der Waals surface area contributed by atoms with E-state index in [9.17, 15) is 10.1 Å². The first kappa shape index (κ1) is 15.3. The van der Waals surface area contributed by atoms with Crippen molar-refractivity contribution in [2.75, 3.05) is 13.2 Å². The summed E-state index contributed by atoms with van der Waals surface area (Å²) in [5.41, 5.74) is 0.700. The third-order valence-electron chi connectivity index (χ3n) is 2.80. The number of ether oxygens (including phenoxy) is 2. The largest absolute Gasteiger partial charge is 0.490 e. The van der Waals surface area contributed by atoms with Crippen molar-refractivity contribution in [3.05, 3.63) is 62.6 Å². The fourth-order valence-electron chi connectivity index (χ4n) is 1.80. The molecule has 0 saturated carbocycles. The standard InChI is InChI=1S/C15H14BrNO4/c1-11-3-2-4-14(17(18)19)15(11)21-10-9-20-13-7-5-12(16)6-8-13/h2-8H,9-10H2,1H3. The highest BCUT2D eigenvalue weighted by Crippen LogP contribution is 2.30. The molecule has 0 saturated heterocycles. The van der Waals surface area contributed by atoms with Gasteiger partial charge in [0.1, 0.15) is 19.0 Å². The molecule has 21 heavy (non-hydrogen) atoms. The molecule has 0 aliphatic heterocycles. The van der Waals surface area contributed by atoms with E-state index in [0.29, 0.717) is 12.4 Å². The van der Waals surface area contributed by atoms with Gasteiger partial charge < -0.3 is 9.47 Å². The number of aryl methyl sites for hydroxylation is 1. The van der Waals surface area contributed by atoms with Crippen LogP contribution in [0.15, 0.2) is 46.9 Å². The molecule has 0 aromatic heterocycles. The Hall–Kier alpha value is -2.08. The van der Waals surface area contributed by atoms with Crippen LogP contribution >= 0.6 is 15.9 Å². The minimum absolute atomic E-state index is 0.0290. The van der Waals surface area contributed by atoms with E-state index in [0.717, 1.165) is 15.8 Å². The Bertz CT molecular complexity index is 628. The smallest absolute Gasteiger partial charge is 0.311 e. The van der Waals surface area contributed by atoms with Crippen LogP contribution in [0.2, 0.25) is 0 Å². The number of hydrogen-bond acceptors (Lipinski definition) is 4. The van der Waals surface area contributed by atoms with E-state index < -0.39 is 4.92 Å². The SMILES string of the molecule is Cc1cccc([N+](=O)[O-])c1OCCOc1ccc(Br)cc1. The number of nitrogens with zero attached hydrogens (tertiary/aromatic N) is 1. The Morgan fingerprint density at radius 2 is 1.76 bits per heavy atom. The highest BCUT2D eigenvalue weighted by molar-refractivity contribution is 9.10. The molecule has 0 N–H and O–H groups in total. The maximum atomic E-state index is 10.9. The number of hydrogen-bond donors (Lipinski definition) is 0. The first-order valence-corrected chi connectivity index (χ1v) is 7.12. The second kappa shape index (κ2) is 7.08. The molecular weight excluding hydrogens is 338 g/mol. The lowest BCUT2D eigenvalue weighted by molar-refractivity contribution is -0.385. The monoisotopic (exact) mass is 351 g/mol. The van der Waals surface area contributed by atoms with Crippen molar-refractivity contribution < 1.29 is 14.4 Å². The molecule has 0 radical (unpaired) electrons. The van der Waals surface area contributed by atoms with Gasteiger partial charge in [0.15, 0.2) is 5.75 Å². The van der Waals surface area contributed by atoms with Gasteiger partial charge in [-0.1, -0.05) is 28.1 Å². The van der Waals surface area contributed by atoms with Gasteiger partial charge in [-0.05, 0) is 36.8 Å². The predicted molar refractivity (Wildman–Crippen MR) is 83.0 cm³/mol. The van der Waals surface area contributed by atoms with Crippen molar-refractivity contribution in [2.45, 2.75) is 6.92 Å². The van der Waals surface area contributed by atoms with Crippen molar-refractivity contribution in [1.29, 1.82) is 0 Å². The molecular formula is C15H14BrNO4. The predicted octanol–water partition coefficient (Wildman–Crippen LogP) is 4.12. The second-order valence-corrected chi connectivity index (χ2v) is 5.25. The van der Waals surface area contributed by atoms with Gasteiger partial charge in [0.05, 0.1) is 4.92 Å². The number of halogens is 1. The van der Waals surface area contributed by atoms with Crippen LogP contribution in [0.4, 0.5) is 5.69 Å². The van der Waals surface area contributed by atoms with E-state index in [2.05, 4.69) is 15.9 Å². The number of nitro benzene ring substituents is 1. The molecule has 0 spiro atoms. The van der Waals surface area contributed by atoms with Gasteiger partial charge in [-0.15, -0.1) is 0 Å². The Balaban J connectivity index is 1.92. The highest BCUT2D eigenvalue weighted by Gasteiger charge is 2.16. The first-order chi connectivity index (χ1) is 10.1. The van der Waals surface area contributed by atoms with E-state index in [1.165, 1.54) is 6.07 Å². The fourth-order valence-corrected chi connectivity index (χ4v) is 2.07. The molecule has 110 valence electrons. The van der Waals surface area contributed by atoms with Crippen LogP contribution in [0.3, 0.4) is 0 Å². The molecule has 6 heteroatoms. The molecule has 0 aliphatic carbocycles. The van der Waals surface area contributed by atoms with E-state index in [4.69, 9.17) is 9.47 Å². The molecule has 0 unspecified atom stereocenters. The summed E-state index contributed by atoms with van der Waals surface area (Å²) >= 11 is 3.34. The molecule has 0 heterocycles. The van der Waals surface area contributed by atoms with Crippen LogP contribution in [-0.4, -0.2) is 18.1 Å². The molecule has 5 nitrogen and oxygen atoms in total. The first-order valence-electron chi connectivity index (χ1n) is 6.33. The molecule has 2 aromatic carbocycles. The van der Waals surface area contributed by atoms with E-state index in [-0.39, 0.29) is 12.3 Å². The lowest BCUT2D eigenvalue weighted by Crippen LogP contribution is -2.10. The van der Waals surface area contributed by atoms with Crippen LogP contribution in [0.1, 0.15) is 5.56 Å². The van der Waals surface area contributed by atoms with Gasteiger partial charge in [0, 0.05) is 10.5 Å². The number of para-hydroxylation sites is 1. The third-order valence-corrected chi connectivity index (χ3v) is 3.33. The number of rotatable bonds is 6. The Kier molecular flexibility index (Phi) is 5.16. The topological polar surface area (TPSA) is 61.6 Å². The van der Waals surface area contributed by atoms with Crippen molar-refractivity contribution >= 4 is 21.6 Å². The van der Waals surface area contributed by atoms with Crippen LogP contribution in [0, 0.1) is 17.0 Å². The fraction of sp³-hybridized carbons (Fsp3) is 0.200. The average molecular weight is 352 g/mol. The van der Waals surface area contributed by atoms with Gasteiger partial charge in [-0.25, -0.2) is 0 Å². The van der Waals surface area contributed by atoms with Crippen molar-refractivity contribution in [2.24, 2.45) is 0 Å². The van der Waals surface area contributed by atoms with Crippen LogP contribution in [-0.2, 0) is 0 Å². The van der Waals surface area contributed by atoms with Crippen LogP contribution in [0.5, 0.6) is 11.5 Å². The molecule has 2 aromatic rings. The van der Waals surface area contributed by atoms with Gasteiger partial charge in [0.2, 0.25) is 0 Å². The summed E-state index contributed by atoms with van der Waals surface area (Å²) in [6.45, 7) is 2.33. The molecule has 0 fully saturated rings. The summed E-state index contributed by atoms with van der Waals surface area (Å²) in [6.07, 6.45) is 0. The zero-order valence-corrected chi connectivity index (χ0v) is 13.0. The number of benzene rings is 2. The second-order valence-electron chi connectivity index (χ2n) is 4.33. The third kappa shape index (κ3) is 4.19. The maximum Gasteiger partial charge on any atom is 0.311 e. The van der Waals surface area contributed by atoms with Gasteiger partial charge in [0.25, 0.3) is 0 Å². The average Bonchev–Trinajstić information content (AvgIpc) is 2.46. The van der Waals surface area contributed by atoms with Gasteiger partial charge in [-0.2, -0.15) is 0 Å². The molecule has 0 aliphatic rings. The maximum absolute atomic E-state index is 10.9. The minimum Gasteiger partial charge on any atom is -0.490 e. The zero-order chi connectivity index (χ0) is 15.2. The van der Waals surface area contributed by atoms with Gasteiger partial charge in [-0.3, -0.25) is 10.1 Å². The highest BCUT2D eigenvalue weighted by atomic mass is 79.9. The molecule has 0 atom stereocenters. The number of nitro groups is 1. The summed E-state index contributed by atoms with van der Waals surface area (Å²) in [4.78, 5) is 10.5. The van der Waals surface area contributed by atoms with Crippen molar-refractivity contribution in [3.8, 4) is 11.5 Å². The normalized spacial score (nSPS) is 10.2. The van der Waals surface area contributed by atoms with Crippen molar-refractivity contribution in [1.82, 2.24) is 0 Å². The summed E-state index contributed by atoms with van der Waals surface area (Å²) in [5.74, 6) is 1.02. The molecule has 0 bridgehead atoms. The lowest BCUT2D eigenvalue weighted by atomic mass is 10.2. The van der Waals surface area contributed by atoms with E-state index in [1.807, 2.05) is 24.3 Å². The summed E-state index contributed by atoms with van der Waals surface area (Å²) in [5, 5.41) is 10.9. The van der Waals surface area contributed by atoms with E-state index >= 15 is 0 Å². The Morgan fingerprint density at radius 3 is 2.43 bits per heavy atom. The Labute approximate surface area is 130 Å². The van der Waals surface area contributed by atoms with Crippen molar-refractivity contribution in [3.63, 3.8) is 0 Å². The van der Waals surface area contributed by atoms with Gasteiger partial charge >= 0.3 is 5.69 Å². The Morgan fingerprint density at radius 1 is 1.10 bits per heavy atom.